The Hall–Kier alpha value is -3.06. The fraction of sp³-hybridized carbons (Fsp3) is 0.364. The maximum atomic E-state index is 12.7. The second-order valence-corrected chi connectivity index (χ2v) is 7.34. The Bertz CT molecular complexity index is 1050. The number of fused-ring (bicyclic) bond motifs is 1. The topological polar surface area (TPSA) is 70.7 Å². The van der Waals surface area contributed by atoms with Crippen LogP contribution in [-0.2, 0) is 4.79 Å². The molecule has 1 atom stereocenters. The van der Waals surface area contributed by atoms with Crippen LogP contribution in [0.15, 0.2) is 57.7 Å². The Morgan fingerprint density at radius 2 is 1.76 bits per heavy atom. The first-order chi connectivity index (χ1) is 14.1. The molecule has 1 unspecified atom stereocenters. The average molecular weight is 394 g/mol. The molecule has 1 aromatic heterocycles. The van der Waals surface area contributed by atoms with Gasteiger partial charge in [0.1, 0.15) is 6.04 Å². The largest absolute Gasteiger partial charge is 0.420 e. The number of para-hydroxylation sites is 2. The third kappa shape index (κ3) is 3.91. The number of carbonyl (C=O) groups is 1. The monoisotopic (exact) mass is 394 g/mol. The Kier molecular flexibility index (Phi) is 5.40. The number of hydrogen-bond donors (Lipinski definition) is 1. The Balaban J connectivity index is 1.44. The highest BCUT2D eigenvalue weighted by atomic mass is 16.4. The normalized spacial score (nSPS) is 16.1. The molecule has 2 aromatic carbocycles. The van der Waals surface area contributed by atoms with Gasteiger partial charge in [0.15, 0.2) is 5.58 Å². The second-order valence-electron chi connectivity index (χ2n) is 7.34. The molecule has 7 heteroatoms. The maximum absolute atomic E-state index is 12.7. The second kappa shape index (κ2) is 8.13. The first-order valence-corrected chi connectivity index (χ1v) is 10.0. The lowest BCUT2D eigenvalue weighted by Gasteiger charge is -2.35. The first kappa shape index (κ1) is 19.3. The highest BCUT2D eigenvalue weighted by molar-refractivity contribution is 5.94. The predicted molar refractivity (Wildman–Crippen MR) is 115 cm³/mol. The van der Waals surface area contributed by atoms with Gasteiger partial charge in [0, 0.05) is 37.6 Å². The number of benzene rings is 2. The molecule has 0 saturated carbocycles. The molecule has 1 saturated heterocycles. The molecule has 1 aliphatic heterocycles. The van der Waals surface area contributed by atoms with E-state index in [1.165, 1.54) is 4.57 Å². The summed E-state index contributed by atoms with van der Waals surface area (Å²) in [4.78, 5) is 29.7. The van der Waals surface area contributed by atoms with Gasteiger partial charge in [-0.2, -0.15) is 0 Å². The van der Waals surface area contributed by atoms with E-state index in [4.69, 9.17) is 4.42 Å². The van der Waals surface area contributed by atoms with Crippen LogP contribution in [0.3, 0.4) is 0 Å². The fourth-order valence-corrected chi connectivity index (χ4v) is 3.79. The van der Waals surface area contributed by atoms with Crippen LogP contribution in [0.25, 0.3) is 11.1 Å². The molecular formula is C22H26N4O3. The smallest absolute Gasteiger partial charge is 0.408 e. The van der Waals surface area contributed by atoms with Gasteiger partial charge in [0.2, 0.25) is 5.91 Å². The number of anilines is 2. The Morgan fingerprint density at radius 3 is 2.45 bits per heavy atom. The number of hydrogen-bond acceptors (Lipinski definition) is 5. The molecule has 0 bridgehead atoms. The van der Waals surface area contributed by atoms with Crippen LogP contribution in [0.5, 0.6) is 0 Å². The van der Waals surface area contributed by atoms with Crippen molar-refractivity contribution in [3.8, 4) is 0 Å². The van der Waals surface area contributed by atoms with E-state index < -0.39 is 11.8 Å². The number of nitrogens with zero attached hydrogens (tertiary/aromatic N) is 3. The lowest BCUT2D eigenvalue weighted by atomic mass is 10.2. The zero-order chi connectivity index (χ0) is 20.4. The van der Waals surface area contributed by atoms with E-state index in [2.05, 4.69) is 22.0 Å². The number of rotatable bonds is 5. The van der Waals surface area contributed by atoms with E-state index in [9.17, 15) is 9.59 Å². The van der Waals surface area contributed by atoms with Crippen LogP contribution in [0.4, 0.5) is 11.4 Å². The van der Waals surface area contributed by atoms with Gasteiger partial charge >= 0.3 is 5.76 Å². The molecule has 0 radical (unpaired) electrons. The van der Waals surface area contributed by atoms with Gasteiger partial charge in [-0.3, -0.25) is 9.36 Å². The van der Waals surface area contributed by atoms with Crippen molar-refractivity contribution < 1.29 is 9.21 Å². The summed E-state index contributed by atoms with van der Waals surface area (Å²) < 4.78 is 6.62. The van der Waals surface area contributed by atoms with Crippen LogP contribution >= 0.6 is 0 Å². The van der Waals surface area contributed by atoms with Crippen molar-refractivity contribution in [1.82, 2.24) is 9.47 Å². The molecule has 29 heavy (non-hydrogen) atoms. The third-order valence-corrected chi connectivity index (χ3v) is 5.60. The molecule has 1 amide bonds. The van der Waals surface area contributed by atoms with E-state index >= 15 is 0 Å². The lowest BCUT2D eigenvalue weighted by molar-refractivity contribution is -0.118. The number of oxazole rings is 1. The fourth-order valence-electron chi connectivity index (χ4n) is 3.79. The van der Waals surface area contributed by atoms with Crippen LogP contribution in [0, 0.1) is 0 Å². The summed E-state index contributed by atoms with van der Waals surface area (Å²) in [7, 11) is 0. The number of amides is 1. The van der Waals surface area contributed by atoms with Crippen LogP contribution in [0.2, 0.25) is 0 Å². The number of likely N-dealkylation sites (N-methyl/N-ethyl adjacent to an activating group) is 1. The van der Waals surface area contributed by atoms with Gasteiger partial charge in [-0.25, -0.2) is 4.79 Å². The van der Waals surface area contributed by atoms with Crippen molar-refractivity contribution in [1.29, 1.82) is 0 Å². The van der Waals surface area contributed by atoms with Crippen molar-refractivity contribution in [2.45, 2.75) is 19.9 Å². The zero-order valence-corrected chi connectivity index (χ0v) is 16.8. The van der Waals surface area contributed by atoms with Gasteiger partial charge in [0.25, 0.3) is 0 Å². The molecule has 0 spiro atoms. The van der Waals surface area contributed by atoms with Crippen LogP contribution < -0.4 is 16.0 Å². The molecule has 3 aromatic rings. The lowest BCUT2D eigenvalue weighted by Crippen LogP contribution is -2.46. The molecular weight excluding hydrogens is 368 g/mol. The van der Waals surface area contributed by atoms with Gasteiger partial charge in [-0.1, -0.05) is 19.1 Å². The number of carbonyl (C=O) groups excluding carboxylic acids is 1. The first-order valence-electron chi connectivity index (χ1n) is 10.0. The zero-order valence-electron chi connectivity index (χ0n) is 16.8. The predicted octanol–water partition coefficient (Wildman–Crippen LogP) is 2.94. The van der Waals surface area contributed by atoms with E-state index in [0.29, 0.717) is 16.8 Å². The summed E-state index contributed by atoms with van der Waals surface area (Å²) in [6, 6.07) is 14.3. The summed E-state index contributed by atoms with van der Waals surface area (Å²) in [5.41, 5.74) is 2.95. The third-order valence-electron chi connectivity index (χ3n) is 5.60. The molecule has 1 fully saturated rings. The van der Waals surface area contributed by atoms with Gasteiger partial charge in [-0.05, 0) is 49.9 Å². The summed E-state index contributed by atoms with van der Waals surface area (Å²) in [6.45, 7) is 9.13. The summed E-state index contributed by atoms with van der Waals surface area (Å²) in [5, 5.41) is 2.90. The van der Waals surface area contributed by atoms with Crippen LogP contribution in [0.1, 0.15) is 19.9 Å². The van der Waals surface area contributed by atoms with Gasteiger partial charge < -0.3 is 19.5 Å². The Labute approximate surface area is 169 Å². The number of nitrogens with one attached hydrogen (secondary N) is 1. The summed E-state index contributed by atoms with van der Waals surface area (Å²) in [6.07, 6.45) is 0. The SMILES string of the molecule is CCN1CCN(c2ccc(NC(=O)C(C)n3c(=O)oc4ccccc43)cc2)CC1. The Morgan fingerprint density at radius 1 is 1.07 bits per heavy atom. The van der Waals surface area contributed by atoms with Crippen molar-refractivity contribution in [3.63, 3.8) is 0 Å². The number of piperazine rings is 1. The molecule has 2 heterocycles. The van der Waals surface area contributed by atoms with Crippen molar-refractivity contribution in [2.75, 3.05) is 42.9 Å². The van der Waals surface area contributed by atoms with Crippen molar-refractivity contribution in [3.05, 3.63) is 59.1 Å². The van der Waals surface area contributed by atoms with Gasteiger partial charge in [0.05, 0.1) is 5.52 Å². The molecule has 152 valence electrons. The molecule has 1 N–H and O–H groups in total. The molecule has 7 nitrogen and oxygen atoms in total. The molecule has 0 aliphatic carbocycles. The molecule has 4 rings (SSSR count). The van der Waals surface area contributed by atoms with Gasteiger partial charge in [-0.15, -0.1) is 0 Å². The van der Waals surface area contributed by atoms with Crippen LogP contribution in [-0.4, -0.2) is 48.1 Å². The van der Waals surface area contributed by atoms with E-state index in [1.807, 2.05) is 30.3 Å². The van der Waals surface area contributed by atoms with E-state index in [-0.39, 0.29) is 5.91 Å². The minimum atomic E-state index is -0.687. The summed E-state index contributed by atoms with van der Waals surface area (Å²) >= 11 is 0. The van der Waals surface area contributed by atoms with E-state index in [1.54, 1.807) is 25.1 Å². The minimum absolute atomic E-state index is 0.261. The van der Waals surface area contributed by atoms with Crippen molar-refractivity contribution in [2.24, 2.45) is 0 Å². The quantitative estimate of drug-likeness (QED) is 0.721. The minimum Gasteiger partial charge on any atom is -0.408 e. The highest BCUT2D eigenvalue weighted by Crippen LogP contribution is 2.21. The van der Waals surface area contributed by atoms with Crippen molar-refractivity contribution >= 4 is 28.4 Å². The maximum Gasteiger partial charge on any atom is 0.420 e. The highest BCUT2D eigenvalue weighted by Gasteiger charge is 2.21. The van der Waals surface area contributed by atoms with E-state index in [0.717, 1.165) is 38.4 Å². The molecule has 1 aliphatic rings. The standard InChI is InChI=1S/C22H26N4O3/c1-3-24-12-14-25(15-13-24)18-10-8-17(9-11-18)23-21(27)16(2)26-19-6-4-5-7-20(19)29-22(26)28/h4-11,16H,3,12-15H2,1-2H3,(H,23,27). The summed E-state index contributed by atoms with van der Waals surface area (Å²) in [5.74, 6) is -0.793. The average Bonchev–Trinajstić information content (AvgIpc) is 3.09. The number of aromatic nitrogens is 1.